The number of carbonyl (C=O) groups excluding carboxylic acids is 1. The maximum absolute atomic E-state index is 11.8. The Labute approximate surface area is 124 Å². The van der Waals surface area contributed by atoms with E-state index in [2.05, 4.69) is 10.6 Å². The number of rotatable bonds is 6. The van der Waals surface area contributed by atoms with E-state index in [-0.39, 0.29) is 11.5 Å². The van der Waals surface area contributed by atoms with E-state index in [1.54, 1.807) is 24.3 Å². The summed E-state index contributed by atoms with van der Waals surface area (Å²) in [6, 6.07) is 6.57. The van der Waals surface area contributed by atoms with Gasteiger partial charge in [-0.1, -0.05) is 12.1 Å². The average Bonchev–Trinajstić information content (AvgIpc) is 2.52. The second kappa shape index (κ2) is 7.78. The zero-order valence-electron chi connectivity index (χ0n) is 12.1. The lowest BCUT2D eigenvalue weighted by Crippen LogP contribution is -2.29. The van der Waals surface area contributed by atoms with Crippen molar-refractivity contribution in [1.82, 2.24) is 10.6 Å². The zero-order chi connectivity index (χ0) is 15.1. The van der Waals surface area contributed by atoms with Crippen LogP contribution in [0.15, 0.2) is 24.3 Å². The third kappa shape index (κ3) is 5.19. The number of carboxylic acid groups (broad SMARTS) is 1. The van der Waals surface area contributed by atoms with Crippen LogP contribution in [-0.2, 0) is 11.3 Å². The van der Waals surface area contributed by atoms with Gasteiger partial charge in [-0.25, -0.2) is 4.79 Å². The maximum Gasteiger partial charge on any atom is 0.335 e. The lowest BCUT2D eigenvalue weighted by Gasteiger charge is -2.22. The molecular formula is C16H22N2O3. The Kier molecular flexibility index (Phi) is 5.75. The topological polar surface area (TPSA) is 78.4 Å². The van der Waals surface area contributed by atoms with E-state index in [9.17, 15) is 9.59 Å². The first-order valence-electron chi connectivity index (χ1n) is 7.45. The Morgan fingerprint density at radius 3 is 2.48 bits per heavy atom. The fraction of sp³-hybridized carbons (Fsp3) is 0.500. The van der Waals surface area contributed by atoms with Crippen molar-refractivity contribution in [2.75, 3.05) is 13.1 Å². The van der Waals surface area contributed by atoms with Crippen molar-refractivity contribution in [3.05, 3.63) is 35.4 Å². The Morgan fingerprint density at radius 1 is 1.19 bits per heavy atom. The highest BCUT2D eigenvalue weighted by Crippen LogP contribution is 2.17. The number of hydrogen-bond donors (Lipinski definition) is 3. The Morgan fingerprint density at radius 2 is 1.86 bits per heavy atom. The number of nitrogens with one attached hydrogen (secondary N) is 2. The Balaban J connectivity index is 1.69. The maximum atomic E-state index is 11.8. The molecule has 1 aromatic rings. The normalized spacial score (nSPS) is 15.6. The fourth-order valence-electron chi connectivity index (χ4n) is 2.56. The van der Waals surface area contributed by atoms with Crippen LogP contribution < -0.4 is 10.6 Å². The molecule has 1 amide bonds. The number of hydrogen-bond acceptors (Lipinski definition) is 3. The fourth-order valence-corrected chi connectivity index (χ4v) is 2.56. The molecule has 2 rings (SSSR count). The molecule has 0 aromatic heterocycles. The van der Waals surface area contributed by atoms with Crippen LogP contribution in [0.5, 0.6) is 0 Å². The molecule has 1 aromatic carbocycles. The summed E-state index contributed by atoms with van der Waals surface area (Å²) in [5.41, 5.74) is 1.17. The minimum Gasteiger partial charge on any atom is -0.478 e. The van der Waals surface area contributed by atoms with Crippen molar-refractivity contribution < 1.29 is 14.7 Å². The van der Waals surface area contributed by atoms with Crippen molar-refractivity contribution in [1.29, 1.82) is 0 Å². The van der Waals surface area contributed by atoms with Crippen LogP contribution >= 0.6 is 0 Å². The van der Waals surface area contributed by atoms with Gasteiger partial charge in [0.1, 0.15) is 0 Å². The Hall–Kier alpha value is -1.88. The zero-order valence-corrected chi connectivity index (χ0v) is 12.1. The minimum atomic E-state index is -0.937. The highest BCUT2D eigenvalue weighted by atomic mass is 16.4. The van der Waals surface area contributed by atoms with E-state index in [1.807, 2.05) is 0 Å². The van der Waals surface area contributed by atoms with E-state index in [0.29, 0.717) is 18.9 Å². The summed E-state index contributed by atoms with van der Waals surface area (Å²) < 4.78 is 0. The quantitative estimate of drug-likeness (QED) is 0.746. The number of aromatic carboxylic acids is 1. The van der Waals surface area contributed by atoms with Crippen LogP contribution in [0.25, 0.3) is 0 Å². The van der Waals surface area contributed by atoms with Crippen LogP contribution in [0.4, 0.5) is 0 Å². The predicted molar refractivity (Wildman–Crippen MR) is 80.1 cm³/mol. The summed E-state index contributed by atoms with van der Waals surface area (Å²) in [5.74, 6) is -0.213. The summed E-state index contributed by atoms with van der Waals surface area (Å²) in [6.45, 7) is 2.56. The van der Waals surface area contributed by atoms with Gasteiger partial charge >= 0.3 is 5.97 Å². The first-order valence-corrected chi connectivity index (χ1v) is 7.45. The van der Waals surface area contributed by atoms with Crippen molar-refractivity contribution in [3.8, 4) is 0 Å². The molecule has 0 saturated carbocycles. The number of benzene rings is 1. The summed E-state index contributed by atoms with van der Waals surface area (Å²) in [4.78, 5) is 22.6. The van der Waals surface area contributed by atoms with Gasteiger partial charge in [-0.2, -0.15) is 0 Å². The lowest BCUT2D eigenvalue weighted by atomic mass is 9.93. The van der Waals surface area contributed by atoms with Crippen LogP contribution in [0.2, 0.25) is 0 Å². The molecule has 5 nitrogen and oxygen atoms in total. The van der Waals surface area contributed by atoms with Crippen molar-refractivity contribution in [3.63, 3.8) is 0 Å². The number of amides is 1. The SMILES string of the molecule is O=C(CCC1CCNCC1)NCc1ccc(C(=O)O)cc1. The third-order valence-corrected chi connectivity index (χ3v) is 3.93. The van der Waals surface area contributed by atoms with Gasteiger partial charge in [0, 0.05) is 13.0 Å². The summed E-state index contributed by atoms with van der Waals surface area (Å²) in [6.07, 6.45) is 3.83. The van der Waals surface area contributed by atoms with Crippen molar-refractivity contribution in [2.45, 2.75) is 32.2 Å². The van der Waals surface area contributed by atoms with Gasteiger partial charge in [-0.05, 0) is 56.0 Å². The molecule has 1 fully saturated rings. The first-order chi connectivity index (χ1) is 10.1. The smallest absolute Gasteiger partial charge is 0.335 e. The molecule has 1 saturated heterocycles. The molecule has 5 heteroatoms. The van der Waals surface area contributed by atoms with Crippen molar-refractivity contribution >= 4 is 11.9 Å². The molecule has 114 valence electrons. The largest absolute Gasteiger partial charge is 0.478 e. The molecule has 1 aliphatic heterocycles. The molecule has 0 unspecified atom stereocenters. The molecule has 0 spiro atoms. The molecule has 1 aliphatic rings. The van der Waals surface area contributed by atoms with Gasteiger partial charge in [-0.3, -0.25) is 4.79 Å². The van der Waals surface area contributed by atoms with E-state index in [1.165, 1.54) is 0 Å². The molecule has 21 heavy (non-hydrogen) atoms. The predicted octanol–water partition coefficient (Wildman–Crippen LogP) is 1.78. The molecule has 0 aliphatic carbocycles. The minimum absolute atomic E-state index is 0.0656. The van der Waals surface area contributed by atoms with Gasteiger partial charge in [-0.15, -0.1) is 0 Å². The molecule has 3 N–H and O–H groups in total. The number of carboxylic acids is 1. The van der Waals surface area contributed by atoms with Crippen LogP contribution in [0.1, 0.15) is 41.6 Å². The average molecular weight is 290 g/mol. The molecule has 1 heterocycles. The van der Waals surface area contributed by atoms with E-state index in [4.69, 9.17) is 5.11 Å². The van der Waals surface area contributed by atoms with Gasteiger partial charge in [0.25, 0.3) is 0 Å². The van der Waals surface area contributed by atoms with Gasteiger partial charge in [0.2, 0.25) is 5.91 Å². The standard InChI is InChI=1S/C16H22N2O3/c19-15(6-3-12-7-9-17-10-8-12)18-11-13-1-4-14(5-2-13)16(20)21/h1-2,4-5,12,17H,3,6-11H2,(H,18,19)(H,20,21). The van der Waals surface area contributed by atoms with E-state index < -0.39 is 5.97 Å². The second-order valence-corrected chi connectivity index (χ2v) is 5.51. The lowest BCUT2D eigenvalue weighted by molar-refractivity contribution is -0.121. The number of piperidine rings is 1. The molecular weight excluding hydrogens is 268 g/mol. The summed E-state index contributed by atoms with van der Waals surface area (Å²) in [5, 5.41) is 15.0. The van der Waals surface area contributed by atoms with E-state index >= 15 is 0 Å². The van der Waals surface area contributed by atoms with Crippen molar-refractivity contribution in [2.24, 2.45) is 5.92 Å². The van der Waals surface area contributed by atoms with Crippen LogP contribution in [0, 0.1) is 5.92 Å². The summed E-state index contributed by atoms with van der Waals surface area (Å²) >= 11 is 0. The highest BCUT2D eigenvalue weighted by molar-refractivity contribution is 5.87. The molecule has 0 radical (unpaired) electrons. The molecule has 0 bridgehead atoms. The van der Waals surface area contributed by atoms with Gasteiger partial charge in [0.05, 0.1) is 5.56 Å². The second-order valence-electron chi connectivity index (χ2n) is 5.51. The highest BCUT2D eigenvalue weighted by Gasteiger charge is 2.14. The van der Waals surface area contributed by atoms with E-state index in [0.717, 1.165) is 37.9 Å². The molecule has 0 atom stereocenters. The number of carbonyl (C=O) groups is 2. The third-order valence-electron chi connectivity index (χ3n) is 3.93. The van der Waals surface area contributed by atoms with Crippen LogP contribution in [-0.4, -0.2) is 30.1 Å². The van der Waals surface area contributed by atoms with Gasteiger partial charge < -0.3 is 15.7 Å². The monoisotopic (exact) mass is 290 g/mol. The van der Waals surface area contributed by atoms with Gasteiger partial charge in [0.15, 0.2) is 0 Å². The first kappa shape index (κ1) is 15.5. The summed E-state index contributed by atoms with van der Waals surface area (Å²) in [7, 11) is 0. The Bertz CT molecular complexity index is 479. The van der Waals surface area contributed by atoms with Crippen LogP contribution in [0.3, 0.4) is 0 Å².